The molecule has 0 amide bonds. The van der Waals surface area contributed by atoms with Crippen molar-refractivity contribution in [2.45, 2.75) is 38.1 Å². The maximum atomic E-state index is 9.16. The molecule has 0 aliphatic heterocycles. The Morgan fingerprint density at radius 1 is 1.50 bits per heavy atom. The first-order valence-electron chi connectivity index (χ1n) is 5.24. The first-order valence-corrected chi connectivity index (χ1v) is 5.24. The highest BCUT2D eigenvalue weighted by Crippen LogP contribution is 2.25. The molecule has 14 heavy (non-hydrogen) atoms. The molecule has 1 aromatic rings. The van der Waals surface area contributed by atoms with Crippen molar-refractivity contribution in [2.24, 2.45) is 5.73 Å². The fourth-order valence-corrected chi connectivity index (χ4v) is 2.00. The molecule has 78 valence electrons. The lowest BCUT2D eigenvalue weighted by Crippen LogP contribution is -2.37. The molecular weight excluding hydrogens is 176 g/mol. The van der Waals surface area contributed by atoms with E-state index in [4.69, 9.17) is 10.8 Å². The highest BCUT2D eigenvalue weighted by Gasteiger charge is 2.24. The predicted molar refractivity (Wildman–Crippen MR) is 56.1 cm³/mol. The van der Waals surface area contributed by atoms with Crippen LogP contribution in [0.1, 0.15) is 36.7 Å². The number of hydrogen-bond acceptors (Lipinski definition) is 2. The van der Waals surface area contributed by atoms with E-state index in [9.17, 15) is 0 Å². The van der Waals surface area contributed by atoms with Crippen LogP contribution in [0.15, 0.2) is 6.07 Å². The van der Waals surface area contributed by atoms with Gasteiger partial charge >= 0.3 is 0 Å². The van der Waals surface area contributed by atoms with E-state index in [0.29, 0.717) is 0 Å². The van der Waals surface area contributed by atoms with Gasteiger partial charge in [-0.15, -0.1) is 0 Å². The second kappa shape index (κ2) is 3.41. The Hall–Kier alpha value is -0.800. The number of aromatic amines is 1. The van der Waals surface area contributed by atoms with Crippen LogP contribution in [-0.2, 0) is 18.4 Å². The summed E-state index contributed by atoms with van der Waals surface area (Å²) < 4.78 is 0. The topological polar surface area (TPSA) is 62.0 Å². The van der Waals surface area contributed by atoms with E-state index in [1.165, 1.54) is 24.1 Å². The number of aryl methyl sites for hydroxylation is 2. The molecule has 0 fully saturated rings. The third-order valence-corrected chi connectivity index (χ3v) is 3.06. The van der Waals surface area contributed by atoms with Crippen LogP contribution in [0.4, 0.5) is 0 Å². The summed E-state index contributed by atoms with van der Waals surface area (Å²) in [5, 5.41) is 9.16. The number of nitrogens with two attached hydrogens (primary N) is 1. The minimum atomic E-state index is -0.628. The SMILES string of the molecule is CC(N)(CO)c1cc2c([nH]1)CCCC2. The quantitative estimate of drug-likeness (QED) is 0.659. The number of hydrogen-bond donors (Lipinski definition) is 3. The zero-order chi connectivity index (χ0) is 10.2. The van der Waals surface area contributed by atoms with Crippen molar-refractivity contribution in [3.8, 4) is 0 Å². The van der Waals surface area contributed by atoms with Gasteiger partial charge < -0.3 is 15.8 Å². The largest absolute Gasteiger partial charge is 0.394 e. The van der Waals surface area contributed by atoms with E-state index in [2.05, 4.69) is 11.1 Å². The van der Waals surface area contributed by atoms with E-state index < -0.39 is 5.54 Å². The lowest BCUT2D eigenvalue weighted by atomic mass is 9.96. The minimum absolute atomic E-state index is 0.0214. The van der Waals surface area contributed by atoms with Gasteiger partial charge in [-0.25, -0.2) is 0 Å². The highest BCUT2D eigenvalue weighted by atomic mass is 16.3. The van der Waals surface area contributed by atoms with Crippen molar-refractivity contribution >= 4 is 0 Å². The molecule has 1 aromatic heterocycles. The van der Waals surface area contributed by atoms with Crippen LogP contribution in [0.25, 0.3) is 0 Å². The molecule has 0 bridgehead atoms. The predicted octanol–water partition coefficient (Wildman–Crippen LogP) is 1.06. The van der Waals surface area contributed by atoms with Crippen molar-refractivity contribution in [3.63, 3.8) is 0 Å². The Morgan fingerprint density at radius 2 is 2.21 bits per heavy atom. The summed E-state index contributed by atoms with van der Waals surface area (Å²) in [5.41, 5.74) is 9.01. The van der Waals surface area contributed by atoms with Gasteiger partial charge in [0, 0.05) is 11.4 Å². The molecule has 0 radical (unpaired) electrons. The van der Waals surface area contributed by atoms with E-state index in [-0.39, 0.29) is 6.61 Å². The normalized spacial score (nSPS) is 20.2. The first-order chi connectivity index (χ1) is 6.63. The summed E-state index contributed by atoms with van der Waals surface area (Å²) in [6.07, 6.45) is 4.79. The molecule has 1 heterocycles. The summed E-state index contributed by atoms with van der Waals surface area (Å²) in [5.74, 6) is 0. The van der Waals surface area contributed by atoms with Crippen molar-refractivity contribution in [1.82, 2.24) is 4.98 Å². The van der Waals surface area contributed by atoms with Gasteiger partial charge in [0.1, 0.15) is 0 Å². The maximum Gasteiger partial charge on any atom is 0.0766 e. The highest BCUT2D eigenvalue weighted by molar-refractivity contribution is 5.31. The lowest BCUT2D eigenvalue weighted by molar-refractivity contribution is 0.207. The fraction of sp³-hybridized carbons (Fsp3) is 0.636. The average Bonchev–Trinajstić information content (AvgIpc) is 2.61. The average molecular weight is 194 g/mol. The van der Waals surface area contributed by atoms with Gasteiger partial charge in [-0.1, -0.05) is 0 Å². The van der Waals surface area contributed by atoms with Crippen molar-refractivity contribution in [3.05, 3.63) is 23.0 Å². The molecule has 3 heteroatoms. The third-order valence-electron chi connectivity index (χ3n) is 3.06. The summed E-state index contributed by atoms with van der Waals surface area (Å²) in [6, 6.07) is 2.12. The molecule has 1 aliphatic rings. The number of H-pyrrole nitrogens is 1. The minimum Gasteiger partial charge on any atom is -0.394 e. The number of aliphatic hydroxyl groups excluding tert-OH is 1. The number of aliphatic hydroxyl groups is 1. The summed E-state index contributed by atoms with van der Waals surface area (Å²) in [4.78, 5) is 3.34. The number of aromatic nitrogens is 1. The van der Waals surface area contributed by atoms with Gasteiger partial charge in [0.15, 0.2) is 0 Å². The molecule has 1 aliphatic carbocycles. The van der Waals surface area contributed by atoms with Gasteiger partial charge in [-0.2, -0.15) is 0 Å². The number of fused-ring (bicyclic) bond motifs is 1. The van der Waals surface area contributed by atoms with E-state index in [1.807, 2.05) is 6.92 Å². The van der Waals surface area contributed by atoms with Crippen LogP contribution in [0.3, 0.4) is 0 Å². The smallest absolute Gasteiger partial charge is 0.0766 e. The Bertz CT molecular complexity index is 305. The molecular formula is C11H18N2O. The van der Waals surface area contributed by atoms with Crippen LogP contribution in [-0.4, -0.2) is 16.7 Å². The molecule has 2 rings (SSSR count). The van der Waals surface area contributed by atoms with Gasteiger partial charge in [0.2, 0.25) is 0 Å². The van der Waals surface area contributed by atoms with Crippen molar-refractivity contribution < 1.29 is 5.11 Å². The molecule has 4 N–H and O–H groups in total. The molecule has 0 saturated heterocycles. The second-order valence-electron chi connectivity index (χ2n) is 4.47. The Kier molecular flexibility index (Phi) is 2.37. The lowest BCUT2D eigenvalue weighted by Gasteiger charge is -2.19. The van der Waals surface area contributed by atoms with Crippen LogP contribution in [0, 0.1) is 0 Å². The summed E-state index contributed by atoms with van der Waals surface area (Å²) in [6.45, 7) is 1.83. The van der Waals surface area contributed by atoms with Gasteiger partial charge in [-0.3, -0.25) is 0 Å². The standard InChI is InChI=1S/C11H18N2O/c1-11(12,7-14)10-6-8-4-2-3-5-9(8)13-10/h6,13-14H,2-5,7,12H2,1H3. The summed E-state index contributed by atoms with van der Waals surface area (Å²) >= 11 is 0. The molecule has 1 atom stereocenters. The Morgan fingerprint density at radius 3 is 2.86 bits per heavy atom. The van der Waals surface area contributed by atoms with Crippen molar-refractivity contribution in [2.75, 3.05) is 6.61 Å². The zero-order valence-electron chi connectivity index (χ0n) is 8.64. The molecule has 0 aromatic carbocycles. The molecule has 1 unspecified atom stereocenters. The van der Waals surface area contributed by atoms with E-state index in [1.54, 1.807) is 0 Å². The van der Waals surface area contributed by atoms with Crippen LogP contribution in [0.5, 0.6) is 0 Å². The monoisotopic (exact) mass is 194 g/mol. The Labute approximate surface area is 84.3 Å². The van der Waals surface area contributed by atoms with Crippen LogP contribution in [0.2, 0.25) is 0 Å². The Balaban J connectivity index is 2.32. The van der Waals surface area contributed by atoms with Crippen LogP contribution >= 0.6 is 0 Å². The number of rotatable bonds is 2. The summed E-state index contributed by atoms with van der Waals surface area (Å²) in [7, 11) is 0. The van der Waals surface area contributed by atoms with E-state index in [0.717, 1.165) is 18.5 Å². The third kappa shape index (κ3) is 1.57. The molecule has 0 spiro atoms. The number of nitrogens with one attached hydrogen (secondary N) is 1. The maximum absolute atomic E-state index is 9.16. The van der Waals surface area contributed by atoms with Crippen molar-refractivity contribution in [1.29, 1.82) is 0 Å². The first kappa shape index (κ1) is 9.74. The van der Waals surface area contributed by atoms with Gasteiger partial charge in [0.05, 0.1) is 12.1 Å². The fourth-order valence-electron chi connectivity index (χ4n) is 2.00. The van der Waals surface area contributed by atoms with Gasteiger partial charge in [0.25, 0.3) is 0 Å². The van der Waals surface area contributed by atoms with E-state index >= 15 is 0 Å². The molecule has 0 saturated carbocycles. The van der Waals surface area contributed by atoms with Gasteiger partial charge in [-0.05, 0) is 44.2 Å². The van der Waals surface area contributed by atoms with Crippen LogP contribution < -0.4 is 5.73 Å². The zero-order valence-corrected chi connectivity index (χ0v) is 8.64. The second-order valence-corrected chi connectivity index (χ2v) is 4.47. The molecule has 3 nitrogen and oxygen atoms in total.